The highest BCUT2D eigenvalue weighted by molar-refractivity contribution is 5.71. The van der Waals surface area contributed by atoms with E-state index in [1.807, 2.05) is 146 Å². The van der Waals surface area contributed by atoms with Gasteiger partial charge in [0.15, 0.2) is 0 Å². The minimum Gasteiger partial charge on any atom is -0.491 e. The zero-order valence-electron chi connectivity index (χ0n) is 36.3. The van der Waals surface area contributed by atoms with Crippen LogP contribution < -0.4 is 19.7 Å². The molecule has 4 nitrogen and oxygen atoms in total. The SMILES string of the molecule is CC(C)Oc1ccc(CCNc2ccc(C(F)(F)F)cc2C(C)(C)C/C=C/C=C/C=C/C=C2/N(CCc3ccc(OC(C)C)cc3)c3ccc(C(F)(F)F)cc3C2(C)C)cc1. The van der Waals surface area contributed by atoms with E-state index in [9.17, 15) is 26.3 Å². The summed E-state index contributed by atoms with van der Waals surface area (Å²) in [6.45, 7) is 16.7. The van der Waals surface area contributed by atoms with Crippen LogP contribution in [0.1, 0.15) is 95.2 Å². The maximum absolute atomic E-state index is 13.9. The number of nitrogens with one attached hydrogen (secondary N) is 1. The van der Waals surface area contributed by atoms with Crippen LogP contribution in [0.15, 0.2) is 133 Å². The fraction of sp³-hybridized carbons (Fsp3) is 0.373. The standard InChI is InChI=1S/C51H58F6N2O2/c1-35(2)60-41-22-16-37(17-23-41)28-31-58-45-26-20-39(50(52,53)54)33-43(45)48(5,6)30-14-12-10-9-11-13-15-47-49(7,8)44-34-40(51(55,56)57)21-27-46(44)59(47)32-29-38-18-24-42(25-19-38)61-36(3)4/h9-27,33-36,58H,28-32H2,1-8H3/b10-9+,13-11+,14-12+,47-15+. The number of rotatable bonds is 17. The monoisotopic (exact) mass is 844 g/mol. The number of fused-ring (bicyclic) bond motifs is 1. The molecule has 0 aromatic heterocycles. The van der Waals surface area contributed by atoms with E-state index in [1.165, 1.54) is 18.2 Å². The van der Waals surface area contributed by atoms with Crippen molar-refractivity contribution >= 4 is 11.4 Å². The van der Waals surface area contributed by atoms with Crippen LogP contribution in [0.25, 0.3) is 0 Å². The van der Waals surface area contributed by atoms with E-state index in [0.29, 0.717) is 49.2 Å². The van der Waals surface area contributed by atoms with Crippen LogP contribution in [0, 0.1) is 0 Å². The summed E-state index contributed by atoms with van der Waals surface area (Å²) in [6.07, 6.45) is 6.20. The first-order valence-corrected chi connectivity index (χ1v) is 20.8. The van der Waals surface area contributed by atoms with Crippen LogP contribution >= 0.6 is 0 Å². The highest BCUT2D eigenvalue weighted by Crippen LogP contribution is 2.49. The summed E-state index contributed by atoms with van der Waals surface area (Å²) >= 11 is 0. The number of nitrogens with zero attached hydrogens (tertiary/aromatic N) is 1. The van der Waals surface area contributed by atoms with Crippen LogP contribution in [0.3, 0.4) is 0 Å². The quantitative estimate of drug-likeness (QED) is 0.0848. The number of benzene rings is 4. The number of allylic oxidation sites excluding steroid dienone is 8. The molecule has 10 heteroatoms. The Morgan fingerprint density at radius 3 is 1.75 bits per heavy atom. The summed E-state index contributed by atoms with van der Waals surface area (Å²) in [5.41, 5.74) is 2.95. The highest BCUT2D eigenvalue weighted by atomic mass is 19.4. The summed E-state index contributed by atoms with van der Waals surface area (Å²) in [7, 11) is 0. The first kappa shape index (κ1) is 46.7. The van der Waals surface area contributed by atoms with E-state index in [0.717, 1.165) is 46.1 Å². The molecule has 4 aromatic carbocycles. The van der Waals surface area contributed by atoms with Crippen molar-refractivity contribution in [3.05, 3.63) is 167 Å². The number of ether oxygens (including phenoxy) is 2. The van der Waals surface area contributed by atoms with Gasteiger partial charge < -0.3 is 19.7 Å². The lowest BCUT2D eigenvalue weighted by molar-refractivity contribution is -0.138. The second kappa shape index (κ2) is 19.6. The predicted octanol–water partition coefficient (Wildman–Crippen LogP) is 14.2. The van der Waals surface area contributed by atoms with Gasteiger partial charge in [0.25, 0.3) is 0 Å². The average molecular weight is 845 g/mol. The van der Waals surface area contributed by atoms with E-state index >= 15 is 0 Å². The molecular weight excluding hydrogens is 787 g/mol. The Balaban J connectivity index is 1.27. The Morgan fingerprint density at radius 1 is 0.656 bits per heavy atom. The van der Waals surface area contributed by atoms with E-state index in [-0.39, 0.29) is 12.2 Å². The van der Waals surface area contributed by atoms with Crippen LogP contribution in [0.4, 0.5) is 37.7 Å². The second-order valence-corrected chi connectivity index (χ2v) is 17.2. The fourth-order valence-electron chi connectivity index (χ4n) is 7.51. The number of alkyl halides is 6. The molecule has 5 rings (SSSR count). The van der Waals surface area contributed by atoms with Crippen molar-refractivity contribution in [3.8, 4) is 11.5 Å². The molecule has 1 aliphatic rings. The minimum atomic E-state index is -4.47. The molecule has 4 aromatic rings. The highest BCUT2D eigenvalue weighted by Gasteiger charge is 2.42. The third kappa shape index (κ3) is 12.6. The molecule has 0 fully saturated rings. The molecule has 326 valence electrons. The summed E-state index contributed by atoms with van der Waals surface area (Å²) in [4.78, 5) is 2.10. The van der Waals surface area contributed by atoms with Gasteiger partial charge in [-0.3, -0.25) is 0 Å². The Morgan fingerprint density at radius 2 is 1.18 bits per heavy atom. The molecule has 0 saturated carbocycles. The van der Waals surface area contributed by atoms with E-state index in [1.54, 1.807) is 6.07 Å². The third-order valence-electron chi connectivity index (χ3n) is 10.7. The van der Waals surface area contributed by atoms with E-state index in [4.69, 9.17) is 9.47 Å². The lowest BCUT2D eigenvalue weighted by Gasteiger charge is -2.28. The van der Waals surface area contributed by atoms with Crippen molar-refractivity contribution in [2.24, 2.45) is 0 Å². The van der Waals surface area contributed by atoms with E-state index < -0.39 is 34.3 Å². The van der Waals surface area contributed by atoms with Gasteiger partial charge in [0.2, 0.25) is 0 Å². The maximum atomic E-state index is 13.9. The lowest BCUT2D eigenvalue weighted by Crippen LogP contribution is -2.28. The fourth-order valence-corrected chi connectivity index (χ4v) is 7.51. The molecule has 1 N–H and O–H groups in total. The van der Waals surface area contributed by atoms with Gasteiger partial charge >= 0.3 is 12.4 Å². The average Bonchev–Trinajstić information content (AvgIpc) is 3.39. The van der Waals surface area contributed by atoms with Gasteiger partial charge in [0, 0.05) is 35.6 Å². The second-order valence-electron chi connectivity index (χ2n) is 17.2. The van der Waals surface area contributed by atoms with Crippen molar-refractivity contribution in [1.82, 2.24) is 0 Å². The lowest BCUT2D eigenvalue weighted by atomic mass is 9.79. The van der Waals surface area contributed by atoms with Gasteiger partial charge in [0.05, 0.1) is 23.3 Å². The van der Waals surface area contributed by atoms with Gasteiger partial charge in [-0.05, 0) is 141 Å². The first-order valence-electron chi connectivity index (χ1n) is 20.8. The zero-order chi connectivity index (χ0) is 44.6. The van der Waals surface area contributed by atoms with Gasteiger partial charge in [-0.1, -0.05) is 88.4 Å². The summed E-state index contributed by atoms with van der Waals surface area (Å²) in [5, 5.41) is 3.38. The Bertz CT molecular complexity index is 2190. The molecule has 0 radical (unpaired) electrons. The topological polar surface area (TPSA) is 33.7 Å². The van der Waals surface area contributed by atoms with Crippen molar-refractivity contribution in [3.63, 3.8) is 0 Å². The molecule has 1 heterocycles. The van der Waals surface area contributed by atoms with Crippen LogP contribution in [-0.4, -0.2) is 25.3 Å². The normalized spacial score (nSPS) is 15.3. The molecule has 61 heavy (non-hydrogen) atoms. The Labute approximate surface area is 357 Å². The molecule has 0 spiro atoms. The number of anilines is 2. The minimum absolute atomic E-state index is 0.0562. The van der Waals surface area contributed by atoms with Gasteiger partial charge in [-0.2, -0.15) is 26.3 Å². The van der Waals surface area contributed by atoms with Gasteiger partial charge in [0.1, 0.15) is 11.5 Å². The van der Waals surface area contributed by atoms with Crippen molar-refractivity contribution < 1.29 is 35.8 Å². The van der Waals surface area contributed by atoms with Gasteiger partial charge in [-0.25, -0.2) is 0 Å². The molecule has 0 unspecified atom stereocenters. The third-order valence-corrected chi connectivity index (χ3v) is 10.7. The zero-order valence-corrected chi connectivity index (χ0v) is 36.3. The predicted molar refractivity (Wildman–Crippen MR) is 237 cm³/mol. The molecule has 0 amide bonds. The van der Waals surface area contributed by atoms with Crippen LogP contribution in [0.2, 0.25) is 0 Å². The van der Waals surface area contributed by atoms with Gasteiger partial charge in [-0.15, -0.1) is 0 Å². The molecule has 1 aliphatic heterocycles. The smallest absolute Gasteiger partial charge is 0.416 e. The molecule has 0 atom stereocenters. The molecule has 0 saturated heterocycles. The summed E-state index contributed by atoms with van der Waals surface area (Å²) < 4.78 is 94.5. The summed E-state index contributed by atoms with van der Waals surface area (Å²) in [6, 6.07) is 23.6. The number of hydrogen-bond donors (Lipinski definition) is 1. The maximum Gasteiger partial charge on any atom is 0.416 e. The van der Waals surface area contributed by atoms with Crippen molar-refractivity contribution in [2.75, 3.05) is 23.3 Å². The molecular formula is C51H58F6N2O2. The Kier molecular flexibility index (Phi) is 15.0. The summed E-state index contributed by atoms with van der Waals surface area (Å²) in [5.74, 6) is 1.57. The molecule has 0 aliphatic carbocycles. The van der Waals surface area contributed by atoms with Crippen LogP contribution in [0.5, 0.6) is 11.5 Å². The number of halogens is 6. The first-order chi connectivity index (χ1) is 28.6. The van der Waals surface area contributed by atoms with Crippen molar-refractivity contribution in [2.45, 2.75) is 110 Å². The van der Waals surface area contributed by atoms with Crippen LogP contribution in [-0.2, 0) is 36.0 Å². The molecule has 0 bridgehead atoms. The van der Waals surface area contributed by atoms with E-state index in [2.05, 4.69) is 10.2 Å². The number of hydrogen-bond acceptors (Lipinski definition) is 4. The largest absolute Gasteiger partial charge is 0.491 e. The van der Waals surface area contributed by atoms with Crippen molar-refractivity contribution in [1.29, 1.82) is 0 Å². The Hall–Kier alpha value is -5.38.